The Kier molecular flexibility index (Phi) is 6.29. The zero-order chi connectivity index (χ0) is 19.9. The number of hydrogen-bond acceptors (Lipinski definition) is 3. The molecule has 0 aliphatic heterocycles. The van der Waals surface area contributed by atoms with Gasteiger partial charge in [-0.2, -0.15) is 0 Å². The summed E-state index contributed by atoms with van der Waals surface area (Å²) in [6.07, 6.45) is 0. The Labute approximate surface area is 168 Å². The van der Waals surface area contributed by atoms with Gasteiger partial charge in [-0.25, -0.2) is 0 Å². The number of para-hydroxylation sites is 1. The van der Waals surface area contributed by atoms with Crippen molar-refractivity contribution in [1.29, 1.82) is 0 Å². The van der Waals surface area contributed by atoms with E-state index >= 15 is 0 Å². The standard InChI is InChI=1S/C22H20ClN3O2/c1-15-10-11-16(22(28)26-18-7-3-2-4-8-18)12-20(15)24-14-21(27)25-19-9-5-6-17(23)13-19/h2-13,24H,14H2,1H3,(H,25,27)(H,26,28). The van der Waals surface area contributed by atoms with Crippen molar-refractivity contribution < 1.29 is 9.59 Å². The summed E-state index contributed by atoms with van der Waals surface area (Å²) in [5.74, 6) is -0.418. The van der Waals surface area contributed by atoms with Crippen LogP contribution in [0.15, 0.2) is 72.8 Å². The molecule has 0 spiro atoms. The van der Waals surface area contributed by atoms with Crippen LogP contribution in [0.1, 0.15) is 15.9 Å². The number of aryl methyl sites for hydroxylation is 1. The lowest BCUT2D eigenvalue weighted by Gasteiger charge is -2.12. The molecule has 28 heavy (non-hydrogen) atoms. The fourth-order valence-electron chi connectivity index (χ4n) is 2.63. The van der Waals surface area contributed by atoms with Gasteiger partial charge in [-0.15, -0.1) is 0 Å². The fourth-order valence-corrected chi connectivity index (χ4v) is 2.82. The van der Waals surface area contributed by atoms with E-state index in [1.165, 1.54) is 0 Å². The van der Waals surface area contributed by atoms with Crippen molar-refractivity contribution in [2.24, 2.45) is 0 Å². The maximum absolute atomic E-state index is 12.5. The molecule has 5 nitrogen and oxygen atoms in total. The summed E-state index contributed by atoms with van der Waals surface area (Å²) in [7, 11) is 0. The summed E-state index contributed by atoms with van der Waals surface area (Å²) in [6.45, 7) is 1.98. The Balaban J connectivity index is 1.63. The van der Waals surface area contributed by atoms with Gasteiger partial charge in [0.25, 0.3) is 5.91 Å². The summed E-state index contributed by atoms with van der Waals surface area (Å²) < 4.78 is 0. The van der Waals surface area contributed by atoms with Crippen molar-refractivity contribution in [2.75, 3.05) is 22.5 Å². The van der Waals surface area contributed by atoms with Crippen LogP contribution in [0, 0.1) is 6.92 Å². The molecule has 2 amide bonds. The zero-order valence-electron chi connectivity index (χ0n) is 15.3. The van der Waals surface area contributed by atoms with Crippen LogP contribution < -0.4 is 16.0 Å². The third kappa shape index (κ3) is 5.34. The normalized spacial score (nSPS) is 10.2. The third-order valence-electron chi connectivity index (χ3n) is 4.08. The molecular formula is C22H20ClN3O2. The van der Waals surface area contributed by atoms with Gasteiger partial charge in [-0.05, 0) is 55.0 Å². The first-order valence-corrected chi connectivity index (χ1v) is 9.15. The predicted molar refractivity (Wildman–Crippen MR) is 114 cm³/mol. The fraction of sp³-hybridized carbons (Fsp3) is 0.0909. The molecule has 0 saturated heterocycles. The molecule has 3 aromatic carbocycles. The number of halogens is 1. The molecule has 0 aliphatic rings. The van der Waals surface area contributed by atoms with Crippen LogP contribution in [-0.4, -0.2) is 18.4 Å². The Morgan fingerprint density at radius 1 is 0.857 bits per heavy atom. The molecule has 3 aromatic rings. The molecule has 0 bridgehead atoms. The lowest BCUT2D eigenvalue weighted by atomic mass is 10.1. The molecule has 142 valence electrons. The lowest BCUT2D eigenvalue weighted by Crippen LogP contribution is -2.22. The van der Waals surface area contributed by atoms with Crippen LogP contribution in [0.3, 0.4) is 0 Å². The predicted octanol–water partition coefficient (Wildman–Crippen LogP) is 4.95. The van der Waals surface area contributed by atoms with Gasteiger partial charge in [-0.3, -0.25) is 9.59 Å². The van der Waals surface area contributed by atoms with Crippen LogP contribution in [-0.2, 0) is 4.79 Å². The summed E-state index contributed by atoms with van der Waals surface area (Å²) in [6, 6.07) is 21.5. The maximum atomic E-state index is 12.5. The van der Waals surface area contributed by atoms with Crippen molar-refractivity contribution in [2.45, 2.75) is 6.92 Å². The minimum absolute atomic E-state index is 0.0666. The van der Waals surface area contributed by atoms with Gasteiger partial charge in [0.2, 0.25) is 5.91 Å². The lowest BCUT2D eigenvalue weighted by molar-refractivity contribution is -0.114. The average Bonchev–Trinajstić information content (AvgIpc) is 2.68. The second-order valence-electron chi connectivity index (χ2n) is 6.26. The van der Waals surface area contributed by atoms with Gasteiger partial charge in [0.15, 0.2) is 0 Å². The highest BCUT2D eigenvalue weighted by Crippen LogP contribution is 2.19. The van der Waals surface area contributed by atoms with E-state index in [0.717, 1.165) is 16.9 Å². The van der Waals surface area contributed by atoms with E-state index in [9.17, 15) is 9.59 Å². The van der Waals surface area contributed by atoms with Crippen molar-refractivity contribution >= 4 is 40.5 Å². The van der Waals surface area contributed by atoms with Crippen molar-refractivity contribution in [3.8, 4) is 0 Å². The van der Waals surface area contributed by atoms with Crippen molar-refractivity contribution in [3.05, 3.63) is 88.9 Å². The summed E-state index contributed by atoms with van der Waals surface area (Å²) in [4.78, 5) is 24.6. The summed E-state index contributed by atoms with van der Waals surface area (Å²) >= 11 is 5.92. The first-order chi connectivity index (χ1) is 13.5. The monoisotopic (exact) mass is 393 g/mol. The van der Waals surface area contributed by atoms with E-state index in [1.54, 1.807) is 36.4 Å². The van der Waals surface area contributed by atoms with Crippen LogP contribution >= 0.6 is 11.6 Å². The smallest absolute Gasteiger partial charge is 0.255 e. The molecule has 0 heterocycles. The Morgan fingerprint density at radius 3 is 2.36 bits per heavy atom. The maximum Gasteiger partial charge on any atom is 0.255 e. The number of benzene rings is 3. The van der Waals surface area contributed by atoms with Gasteiger partial charge in [-0.1, -0.05) is 41.9 Å². The highest BCUT2D eigenvalue weighted by molar-refractivity contribution is 6.30. The third-order valence-corrected chi connectivity index (χ3v) is 4.31. The van der Waals surface area contributed by atoms with Gasteiger partial charge < -0.3 is 16.0 Å². The molecule has 0 radical (unpaired) electrons. The SMILES string of the molecule is Cc1ccc(C(=O)Nc2ccccc2)cc1NCC(=O)Nc1cccc(Cl)c1. The number of anilines is 3. The zero-order valence-corrected chi connectivity index (χ0v) is 16.1. The first-order valence-electron chi connectivity index (χ1n) is 8.77. The Bertz CT molecular complexity index is 990. The van der Waals surface area contributed by atoms with E-state index in [2.05, 4.69) is 16.0 Å². The average molecular weight is 394 g/mol. The molecule has 0 aromatic heterocycles. The van der Waals surface area contributed by atoms with E-state index in [-0.39, 0.29) is 18.4 Å². The molecule has 0 saturated carbocycles. The summed E-state index contributed by atoms with van der Waals surface area (Å²) in [5.41, 5.74) is 3.52. The number of amides is 2. The van der Waals surface area contributed by atoms with E-state index in [1.807, 2.05) is 43.3 Å². The van der Waals surface area contributed by atoms with Gasteiger partial charge >= 0.3 is 0 Å². The number of rotatable bonds is 6. The summed E-state index contributed by atoms with van der Waals surface area (Å²) in [5, 5.41) is 9.26. The van der Waals surface area contributed by atoms with Crippen LogP contribution in [0.4, 0.5) is 17.1 Å². The van der Waals surface area contributed by atoms with Gasteiger partial charge in [0.1, 0.15) is 0 Å². The van der Waals surface area contributed by atoms with E-state index < -0.39 is 0 Å². The quantitative estimate of drug-likeness (QED) is 0.554. The van der Waals surface area contributed by atoms with Gasteiger partial charge in [0.05, 0.1) is 6.54 Å². The number of carbonyl (C=O) groups excluding carboxylic acids is 2. The van der Waals surface area contributed by atoms with E-state index in [4.69, 9.17) is 11.6 Å². The highest BCUT2D eigenvalue weighted by atomic mass is 35.5. The van der Waals surface area contributed by atoms with Gasteiger partial charge in [0, 0.05) is 27.6 Å². The van der Waals surface area contributed by atoms with E-state index in [0.29, 0.717) is 16.3 Å². The molecule has 0 fully saturated rings. The number of carbonyl (C=O) groups is 2. The minimum atomic E-state index is -0.211. The second kappa shape index (κ2) is 9.06. The molecule has 6 heteroatoms. The molecule has 3 rings (SSSR count). The first kappa shape index (κ1) is 19.5. The highest BCUT2D eigenvalue weighted by Gasteiger charge is 2.10. The Morgan fingerprint density at radius 2 is 1.61 bits per heavy atom. The minimum Gasteiger partial charge on any atom is -0.376 e. The van der Waals surface area contributed by atoms with Crippen molar-refractivity contribution in [3.63, 3.8) is 0 Å². The molecule has 0 aliphatic carbocycles. The molecule has 3 N–H and O–H groups in total. The largest absolute Gasteiger partial charge is 0.376 e. The van der Waals surface area contributed by atoms with Crippen LogP contribution in [0.2, 0.25) is 5.02 Å². The second-order valence-corrected chi connectivity index (χ2v) is 6.70. The van der Waals surface area contributed by atoms with Crippen molar-refractivity contribution in [1.82, 2.24) is 0 Å². The number of nitrogens with one attached hydrogen (secondary N) is 3. The Hall–Kier alpha value is -3.31. The molecule has 0 atom stereocenters. The van der Waals surface area contributed by atoms with Crippen LogP contribution in [0.5, 0.6) is 0 Å². The molecular weight excluding hydrogens is 374 g/mol. The van der Waals surface area contributed by atoms with Crippen LogP contribution in [0.25, 0.3) is 0 Å². The topological polar surface area (TPSA) is 70.2 Å². The number of hydrogen-bond donors (Lipinski definition) is 3. The molecule has 0 unspecified atom stereocenters.